The molecule has 1 fully saturated rings. The second kappa shape index (κ2) is 8.46. The molecule has 1 aromatic carbocycles. The normalized spacial score (nSPS) is 15.3. The van der Waals surface area contributed by atoms with Gasteiger partial charge in [-0.25, -0.2) is 18.7 Å². The zero-order valence-corrected chi connectivity index (χ0v) is 17.5. The number of nitrogens with two attached hydrogens (primary N) is 1. The van der Waals surface area contributed by atoms with Crippen LogP contribution in [-0.4, -0.2) is 60.3 Å². The van der Waals surface area contributed by atoms with E-state index in [0.717, 1.165) is 32.0 Å². The Morgan fingerprint density at radius 3 is 2.32 bits per heavy atom. The smallest absolute Gasteiger partial charge is 0.220 e. The van der Waals surface area contributed by atoms with Crippen LogP contribution in [-0.2, 0) is 0 Å². The molecule has 0 saturated carbocycles. The van der Waals surface area contributed by atoms with Gasteiger partial charge in [-0.1, -0.05) is 0 Å². The van der Waals surface area contributed by atoms with E-state index in [1.54, 1.807) is 0 Å². The molecule has 3 heterocycles. The molecular formula is C21H23F2N6O2-. The van der Waals surface area contributed by atoms with Crippen LogP contribution in [0.5, 0.6) is 11.5 Å². The van der Waals surface area contributed by atoms with Crippen molar-refractivity contribution in [2.24, 2.45) is 0 Å². The third kappa shape index (κ3) is 4.02. The number of methoxy groups -OCH3 is 2. The molecule has 0 spiro atoms. The van der Waals surface area contributed by atoms with E-state index in [0.29, 0.717) is 10.9 Å². The molecule has 1 aliphatic rings. The van der Waals surface area contributed by atoms with Crippen LogP contribution in [0.4, 0.5) is 20.5 Å². The molecule has 0 bridgehead atoms. The van der Waals surface area contributed by atoms with Crippen LogP contribution >= 0.6 is 0 Å². The summed E-state index contributed by atoms with van der Waals surface area (Å²) in [4.78, 5) is 15.0. The lowest BCUT2D eigenvalue weighted by Gasteiger charge is -2.34. The van der Waals surface area contributed by atoms with Gasteiger partial charge in [-0.05, 0) is 56.6 Å². The number of piperidine rings is 1. The Labute approximate surface area is 178 Å². The Bertz CT molecular complexity index is 1090. The van der Waals surface area contributed by atoms with E-state index in [2.05, 4.69) is 26.9 Å². The van der Waals surface area contributed by atoms with Crippen molar-refractivity contribution >= 4 is 22.7 Å². The number of nitrogens with zero attached hydrogens (tertiary/aromatic N) is 5. The summed E-state index contributed by atoms with van der Waals surface area (Å²) in [5.74, 6) is -1.72. The number of likely N-dealkylation sites (tertiary alicyclic amines) is 1. The van der Waals surface area contributed by atoms with Gasteiger partial charge in [-0.2, -0.15) is 0 Å². The number of rotatable bonds is 5. The fourth-order valence-corrected chi connectivity index (χ4v) is 3.66. The molecule has 0 unspecified atom stereocenters. The van der Waals surface area contributed by atoms with Gasteiger partial charge in [-0.3, -0.25) is 0 Å². The molecule has 2 aromatic heterocycles. The van der Waals surface area contributed by atoms with Crippen LogP contribution in [0.1, 0.15) is 12.8 Å². The van der Waals surface area contributed by atoms with Crippen molar-refractivity contribution in [1.82, 2.24) is 19.9 Å². The van der Waals surface area contributed by atoms with E-state index in [9.17, 15) is 0 Å². The second-order valence-electron chi connectivity index (χ2n) is 7.44. The zero-order chi connectivity index (χ0) is 22.1. The van der Waals surface area contributed by atoms with E-state index >= 15 is 8.78 Å². The number of hydrogen-bond acceptors (Lipinski definition) is 7. The Kier molecular flexibility index (Phi) is 5.73. The van der Waals surface area contributed by atoms with E-state index in [-0.39, 0.29) is 40.6 Å². The molecule has 31 heavy (non-hydrogen) atoms. The number of pyridine rings is 1. The Morgan fingerprint density at radius 1 is 1.06 bits per heavy atom. The molecule has 0 radical (unpaired) electrons. The van der Waals surface area contributed by atoms with E-state index < -0.39 is 11.6 Å². The predicted octanol–water partition coefficient (Wildman–Crippen LogP) is 3.67. The molecule has 0 aliphatic carbocycles. The molecule has 0 atom stereocenters. The van der Waals surface area contributed by atoms with Crippen LogP contribution in [0.2, 0.25) is 0 Å². The van der Waals surface area contributed by atoms with Crippen molar-refractivity contribution in [3.8, 4) is 22.8 Å². The fraction of sp³-hybridized carbons (Fsp3) is 0.381. The number of anilines is 1. The maximum absolute atomic E-state index is 15.1. The summed E-state index contributed by atoms with van der Waals surface area (Å²) >= 11 is 0. The summed E-state index contributed by atoms with van der Waals surface area (Å²) in [5.41, 5.74) is 5.88. The van der Waals surface area contributed by atoms with Crippen LogP contribution in [0.3, 0.4) is 0 Å². The highest BCUT2D eigenvalue weighted by Crippen LogP contribution is 2.40. The molecule has 4 rings (SSSR count). The standard InChI is InChI=1S/C21H23F2N6O2/c1-29-6-4-12(5-7-29)26-20-19-11(10-25-21(24)28-19)8-13(27-20)16-17(22)14(30-2)9-15(31-3)18(16)23/h8-10,12H,4-7H2,1-3H3,(H2-,24,25,26,27,28)/q-1. The highest BCUT2D eigenvalue weighted by molar-refractivity contribution is 5.93. The summed E-state index contributed by atoms with van der Waals surface area (Å²) < 4.78 is 40.3. The van der Waals surface area contributed by atoms with Crippen molar-refractivity contribution < 1.29 is 18.3 Å². The third-order valence-corrected chi connectivity index (χ3v) is 5.39. The lowest BCUT2D eigenvalue weighted by atomic mass is 10.0. The average Bonchev–Trinajstić information content (AvgIpc) is 2.76. The minimum Gasteiger partial charge on any atom is -0.494 e. The second-order valence-corrected chi connectivity index (χ2v) is 7.44. The van der Waals surface area contributed by atoms with Gasteiger partial charge < -0.3 is 30.4 Å². The summed E-state index contributed by atoms with van der Waals surface area (Å²) in [6.07, 6.45) is 3.18. The van der Waals surface area contributed by atoms with Gasteiger partial charge >= 0.3 is 0 Å². The van der Waals surface area contributed by atoms with Crippen LogP contribution in [0.25, 0.3) is 27.5 Å². The van der Waals surface area contributed by atoms with Gasteiger partial charge in [0.2, 0.25) is 5.95 Å². The Hall–Kier alpha value is -3.27. The van der Waals surface area contributed by atoms with Gasteiger partial charge in [0.25, 0.3) is 0 Å². The SMILES string of the molecule is COc1cc(OC)c(F)c(-c2cc3cnc(N)nc3c([N-]C3CCN(C)CC3)n2)c1F. The van der Waals surface area contributed by atoms with E-state index in [4.69, 9.17) is 20.5 Å². The van der Waals surface area contributed by atoms with Crippen LogP contribution < -0.4 is 15.2 Å². The summed E-state index contributed by atoms with van der Waals surface area (Å²) in [6.45, 7) is 1.80. The van der Waals surface area contributed by atoms with Crippen molar-refractivity contribution in [2.45, 2.75) is 18.9 Å². The molecule has 1 saturated heterocycles. The minimum atomic E-state index is -0.880. The van der Waals surface area contributed by atoms with Crippen LogP contribution in [0.15, 0.2) is 18.3 Å². The molecule has 1 aliphatic heterocycles. The highest BCUT2D eigenvalue weighted by Gasteiger charge is 2.22. The molecule has 8 nitrogen and oxygen atoms in total. The summed E-state index contributed by atoms with van der Waals surface area (Å²) in [7, 11) is 4.65. The highest BCUT2D eigenvalue weighted by atomic mass is 19.1. The van der Waals surface area contributed by atoms with Crippen molar-refractivity contribution in [2.75, 3.05) is 40.1 Å². The van der Waals surface area contributed by atoms with Crippen molar-refractivity contribution in [1.29, 1.82) is 0 Å². The number of halogens is 2. The first-order chi connectivity index (χ1) is 14.9. The fourth-order valence-electron chi connectivity index (χ4n) is 3.66. The number of benzene rings is 1. The molecule has 10 heteroatoms. The van der Waals surface area contributed by atoms with Gasteiger partial charge in [0.05, 0.1) is 25.3 Å². The van der Waals surface area contributed by atoms with Crippen molar-refractivity contribution in [3.63, 3.8) is 0 Å². The van der Waals surface area contributed by atoms with E-state index in [1.807, 2.05) is 0 Å². The minimum absolute atomic E-state index is 0.0212. The predicted molar refractivity (Wildman–Crippen MR) is 114 cm³/mol. The number of aromatic nitrogens is 3. The topological polar surface area (TPSA) is 100 Å². The number of fused-ring (bicyclic) bond motifs is 1. The lowest BCUT2D eigenvalue weighted by molar-refractivity contribution is 0.268. The molecule has 164 valence electrons. The maximum Gasteiger partial charge on any atom is 0.220 e. The zero-order valence-electron chi connectivity index (χ0n) is 17.5. The number of nitrogen functional groups attached to an aromatic ring is 1. The van der Waals surface area contributed by atoms with E-state index in [1.165, 1.54) is 26.5 Å². The average molecular weight is 429 g/mol. The van der Waals surface area contributed by atoms with Gasteiger partial charge in [0, 0.05) is 17.6 Å². The Balaban J connectivity index is 1.87. The largest absolute Gasteiger partial charge is 0.494 e. The third-order valence-electron chi connectivity index (χ3n) is 5.39. The molecular weight excluding hydrogens is 406 g/mol. The first-order valence-electron chi connectivity index (χ1n) is 9.84. The van der Waals surface area contributed by atoms with Gasteiger partial charge in [-0.15, -0.1) is 0 Å². The maximum atomic E-state index is 15.1. The van der Waals surface area contributed by atoms with Crippen LogP contribution in [0, 0.1) is 11.6 Å². The first-order valence-corrected chi connectivity index (χ1v) is 9.84. The number of hydrogen-bond donors (Lipinski definition) is 1. The Morgan fingerprint density at radius 2 is 1.71 bits per heavy atom. The molecule has 3 aromatic rings. The van der Waals surface area contributed by atoms with Gasteiger partial charge in [0.1, 0.15) is 0 Å². The quantitative estimate of drug-likeness (QED) is 0.660. The lowest BCUT2D eigenvalue weighted by Crippen LogP contribution is -2.32. The monoisotopic (exact) mass is 429 g/mol. The molecule has 0 amide bonds. The number of ether oxygens (including phenoxy) is 2. The molecule has 2 N–H and O–H groups in total. The summed E-state index contributed by atoms with van der Waals surface area (Å²) in [5, 5.41) is 5.28. The van der Waals surface area contributed by atoms with Gasteiger partial charge in [0.15, 0.2) is 23.1 Å². The first kappa shape index (κ1) is 21.0. The summed E-state index contributed by atoms with van der Waals surface area (Å²) in [6, 6.07) is 2.68. The van der Waals surface area contributed by atoms with Crippen molar-refractivity contribution in [3.05, 3.63) is 35.3 Å².